The number of hydrogen-bond acceptors (Lipinski definition) is 4. The smallest absolute Gasteiger partial charge is 0.254 e. The summed E-state index contributed by atoms with van der Waals surface area (Å²) >= 11 is 0. The number of nitrogens with one attached hydrogen (secondary N) is 1. The van der Waals surface area contributed by atoms with Gasteiger partial charge in [-0.25, -0.2) is 4.39 Å². The van der Waals surface area contributed by atoms with Crippen LogP contribution >= 0.6 is 0 Å². The highest BCUT2D eigenvalue weighted by Gasteiger charge is 2.23. The number of hydrogen-bond donors (Lipinski definition) is 1. The minimum Gasteiger partial charge on any atom is -0.497 e. The number of amides is 2. The zero-order valence-electron chi connectivity index (χ0n) is 15.9. The van der Waals surface area contributed by atoms with Gasteiger partial charge in [0.05, 0.1) is 13.7 Å². The highest BCUT2D eigenvalue weighted by Crippen LogP contribution is 2.15. The Morgan fingerprint density at radius 2 is 1.82 bits per heavy atom. The van der Waals surface area contributed by atoms with E-state index in [1.807, 2.05) is 4.90 Å². The van der Waals surface area contributed by atoms with Gasteiger partial charge in [0.15, 0.2) is 0 Å². The summed E-state index contributed by atoms with van der Waals surface area (Å²) in [6, 6.07) is 13.5. The Morgan fingerprint density at radius 1 is 1.07 bits per heavy atom. The van der Waals surface area contributed by atoms with Crippen molar-refractivity contribution >= 4 is 11.8 Å². The van der Waals surface area contributed by atoms with Crippen molar-refractivity contribution in [3.8, 4) is 5.75 Å². The molecule has 0 aromatic heterocycles. The van der Waals surface area contributed by atoms with Crippen LogP contribution in [0, 0.1) is 5.82 Å². The Balaban J connectivity index is 1.45. The molecule has 1 heterocycles. The molecule has 0 aliphatic carbocycles. The molecule has 2 amide bonds. The van der Waals surface area contributed by atoms with Crippen LogP contribution in [-0.2, 0) is 11.3 Å². The first-order valence-electron chi connectivity index (χ1n) is 9.22. The van der Waals surface area contributed by atoms with Gasteiger partial charge in [0.1, 0.15) is 11.6 Å². The number of rotatable bonds is 6. The third kappa shape index (κ3) is 5.07. The van der Waals surface area contributed by atoms with Crippen LogP contribution in [0.1, 0.15) is 15.9 Å². The first kappa shape index (κ1) is 19.8. The van der Waals surface area contributed by atoms with Gasteiger partial charge in [0.25, 0.3) is 5.91 Å². The molecule has 0 unspecified atom stereocenters. The lowest BCUT2D eigenvalue weighted by Crippen LogP contribution is -2.51. The zero-order chi connectivity index (χ0) is 19.9. The maximum atomic E-state index is 13.6. The van der Waals surface area contributed by atoms with Gasteiger partial charge in [-0.3, -0.25) is 14.5 Å². The molecular formula is C21H24FN3O3. The topological polar surface area (TPSA) is 61.9 Å². The number of carbonyl (C=O) groups excluding carboxylic acids is 2. The molecule has 0 spiro atoms. The summed E-state index contributed by atoms with van der Waals surface area (Å²) in [5, 5.41) is 2.74. The molecule has 7 heteroatoms. The molecular weight excluding hydrogens is 361 g/mol. The Bertz CT molecular complexity index is 835. The molecule has 2 aromatic carbocycles. The van der Waals surface area contributed by atoms with Crippen molar-refractivity contribution in [3.05, 3.63) is 65.5 Å². The molecule has 1 fully saturated rings. The lowest BCUT2D eigenvalue weighted by atomic mass is 10.1. The second-order valence-corrected chi connectivity index (χ2v) is 6.67. The lowest BCUT2D eigenvalue weighted by molar-refractivity contribution is -0.122. The fourth-order valence-electron chi connectivity index (χ4n) is 3.14. The molecule has 0 radical (unpaired) electrons. The second kappa shape index (κ2) is 9.32. The average Bonchev–Trinajstić information content (AvgIpc) is 2.73. The summed E-state index contributed by atoms with van der Waals surface area (Å²) in [5.41, 5.74) is 1.06. The molecule has 1 aliphatic rings. The molecule has 0 saturated carbocycles. The van der Waals surface area contributed by atoms with Gasteiger partial charge >= 0.3 is 0 Å². The molecule has 6 nitrogen and oxygen atoms in total. The van der Waals surface area contributed by atoms with E-state index in [0.29, 0.717) is 43.1 Å². The van der Waals surface area contributed by atoms with Crippen LogP contribution in [0.2, 0.25) is 0 Å². The third-order valence-corrected chi connectivity index (χ3v) is 4.78. The number of piperazine rings is 1. The maximum absolute atomic E-state index is 13.6. The van der Waals surface area contributed by atoms with E-state index < -0.39 is 0 Å². The quantitative estimate of drug-likeness (QED) is 0.825. The number of benzene rings is 2. The van der Waals surface area contributed by atoms with E-state index in [1.165, 1.54) is 6.07 Å². The van der Waals surface area contributed by atoms with E-state index in [1.54, 1.807) is 54.5 Å². The van der Waals surface area contributed by atoms with Gasteiger partial charge in [-0.15, -0.1) is 0 Å². The number of halogens is 1. The Kier molecular flexibility index (Phi) is 6.60. The summed E-state index contributed by atoms with van der Waals surface area (Å²) in [7, 11) is 1.57. The van der Waals surface area contributed by atoms with Crippen LogP contribution in [0.5, 0.6) is 5.75 Å². The number of carbonyl (C=O) groups is 2. The van der Waals surface area contributed by atoms with Crippen LogP contribution in [0.3, 0.4) is 0 Å². The van der Waals surface area contributed by atoms with Crippen molar-refractivity contribution in [2.75, 3.05) is 39.8 Å². The molecule has 1 N–H and O–H groups in total. The SMILES string of the molecule is COc1cccc(C(=O)N2CCN(CC(=O)NCc3ccccc3F)CC2)c1. The minimum atomic E-state index is -0.326. The summed E-state index contributed by atoms with van der Waals surface area (Å²) in [5.74, 6) is 0.127. The van der Waals surface area contributed by atoms with Crippen molar-refractivity contribution in [2.45, 2.75) is 6.54 Å². The monoisotopic (exact) mass is 385 g/mol. The fourth-order valence-corrected chi connectivity index (χ4v) is 3.14. The van der Waals surface area contributed by atoms with Gasteiger partial charge in [-0.05, 0) is 24.3 Å². The predicted molar refractivity (Wildman–Crippen MR) is 104 cm³/mol. The van der Waals surface area contributed by atoms with Crippen LogP contribution in [0.15, 0.2) is 48.5 Å². The molecule has 0 atom stereocenters. The number of methoxy groups -OCH3 is 1. The van der Waals surface area contributed by atoms with Crippen molar-refractivity contribution in [1.82, 2.24) is 15.1 Å². The van der Waals surface area contributed by atoms with Crippen molar-refractivity contribution in [1.29, 1.82) is 0 Å². The molecule has 2 aromatic rings. The van der Waals surface area contributed by atoms with E-state index >= 15 is 0 Å². The van der Waals surface area contributed by atoms with Crippen molar-refractivity contribution in [2.24, 2.45) is 0 Å². The standard InChI is InChI=1S/C21H24FN3O3/c1-28-18-7-4-6-16(13-18)21(27)25-11-9-24(10-12-25)15-20(26)23-14-17-5-2-3-8-19(17)22/h2-8,13H,9-12,14-15H2,1H3,(H,23,26). The second-order valence-electron chi connectivity index (χ2n) is 6.67. The zero-order valence-corrected chi connectivity index (χ0v) is 15.9. The van der Waals surface area contributed by atoms with Crippen LogP contribution in [0.4, 0.5) is 4.39 Å². The van der Waals surface area contributed by atoms with E-state index in [9.17, 15) is 14.0 Å². The largest absolute Gasteiger partial charge is 0.497 e. The molecule has 1 aliphatic heterocycles. The third-order valence-electron chi connectivity index (χ3n) is 4.78. The Morgan fingerprint density at radius 3 is 2.54 bits per heavy atom. The summed E-state index contributed by atoms with van der Waals surface area (Å²) in [6.07, 6.45) is 0. The summed E-state index contributed by atoms with van der Waals surface area (Å²) < 4.78 is 18.8. The molecule has 1 saturated heterocycles. The first-order valence-corrected chi connectivity index (χ1v) is 9.22. The van der Waals surface area contributed by atoms with Crippen LogP contribution in [-0.4, -0.2) is 61.4 Å². The highest BCUT2D eigenvalue weighted by molar-refractivity contribution is 5.94. The van der Waals surface area contributed by atoms with E-state index in [-0.39, 0.29) is 30.7 Å². The molecule has 28 heavy (non-hydrogen) atoms. The lowest BCUT2D eigenvalue weighted by Gasteiger charge is -2.34. The summed E-state index contributed by atoms with van der Waals surface area (Å²) in [6.45, 7) is 2.73. The van der Waals surface area contributed by atoms with Gasteiger partial charge in [-0.2, -0.15) is 0 Å². The Hall–Kier alpha value is -2.93. The fraction of sp³-hybridized carbons (Fsp3) is 0.333. The van der Waals surface area contributed by atoms with Gasteiger partial charge < -0.3 is 15.0 Å². The van der Waals surface area contributed by atoms with E-state index in [0.717, 1.165) is 0 Å². The predicted octanol–water partition coefficient (Wildman–Crippen LogP) is 1.91. The first-order chi connectivity index (χ1) is 13.6. The van der Waals surface area contributed by atoms with Gasteiger partial charge in [-0.1, -0.05) is 24.3 Å². The van der Waals surface area contributed by atoms with Crippen molar-refractivity contribution in [3.63, 3.8) is 0 Å². The van der Waals surface area contributed by atoms with Crippen LogP contribution < -0.4 is 10.1 Å². The van der Waals surface area contributed by atoms with Crippen molar-refractivity contribution < 1.29 is 18.7 Å². The summed E-state index contributed by atoms with van der Waals surface area (Å²) in [4.78, 5) is 28.5. The van der Waals surface area contributed by atoms with Gasteiger partial charge in [0.2, 0.25) is 5.91 Å². The molecule has 0 bridgehead atoms. The molecule has 3 rings (SSSR count). The number of ether oxygens (including phenoxy) is 1. The maximum Gasteiger partial charge on any atom is 0.254 e. The van der Waals surface area contributed by atoms with Crippen LogP contribution in [0.25, 0.3) is 0 Å². The number of nitrogens with zero attached hydrogens (tertiary/aromatic N) is 2. The Labute approximate surface area is 163 Å². The molecule has 148 valence electrons. The van der Waals surface area contributed by atoms with E-state index in [2.05, 4.69) is 5.32 Å². The highest BCUT2D eigenvalue weighted by atomic mass is 19.1. The minimum absolute atomic E-state index is 0.0393. The van der Waals surface area contributed by atoms with E-state index in [4.69, 9.17) is 4.74 Å². The average molecular weight is 385 g/mol. The van der Waals surface area contributed by atoms with Gasteiger partial charge in [0, 0.05) is 43.9 Å². The normalized spacial score (nSPS) is 14.6.